The molecule has 0 aliphatic heterocycles. The van der Waals surface area contributed by atoms with Crippen LogP contribution >= 0.6 is 11.6 Å². The van der Waals surface area contributed by atoms with E-state index in [0.29, 0.717) is 5.15 Å². The van der Waals surface area contributed by atoms with Gasteiger partial charge in [0.2, 0.25) is 0 Å². The van der Waals surface area contributed by atoms with Crippen molar-refractivity contribution >= 4 is 11.6 Å². The average Bonchev–Trinajstić information content (AvgIpc) is 3.00. The molecule has 0 radical (unpaired) electrons. The summed E-state index contributed by atoms with van der Waals surface area (Å²) in [6.07, 6.45) is 3.35. The molecule has 106 valence electrons. The number of nitrogens with two attached hydrogens (primary N) is 1. The number of benzene rings is 1. The Labute approximate surface area is 126 Å². The van der Waals surface area contributed by atoms with E-state index in [1.54, 1.807) is 23.1 Å². The van der Waals surface area contributed by atoms with E-state index >= 15 is 0 Å². The van der Waals surface area contributed by atoms with Crippen molar-refractivity contribution in [2.24, 2.45) is 5.84 Å². The molecule has 6 nitrogen and oxygen atoms in total. The Hall–Kier alpha value is -2.28. The van der Waals surface area contributed by atoms with Gasteiger partial charge in [0, 0.05) is 6.20 Å². The zero-order valence-corrected chi connectivity index (χ0v) is 11.8. The summed E-state index contributed by atoms with van der Waals surface area (Å²) < 4.78 is 1.74. The van der Waals surface area contributed by atoms with Gasteiger partial charge in [-0.2, -0.15) is 0 Å². The van der Waals surface area contributed by atoms with Crippen LogP contribution in [-0.2, 0) is 0 Å². The number of para-hydroxylation sites is 1. The van der Waals surface area contributed by atoms with Crippen LogP contribution < -0.4 is 11.3 Å². The van der Waals surface area contributed by atoms with E-state index in [2.05, 4.69) is 20.7 Å². The minimum Gasteiger partial charge on any atom is -0.271 e. The molecule has 1 atom stereocenters. The van der Waals surface area contributed by atoms with Crippen LogP contribution in [0.4, 0.5) is 0 Å². The van der Waals surface area contributed by atoms with Crippen molar-refractivity contribution in [2.75, 3.05) is 0 Å². The number of nitrogens with zero attached hydrogens (tertiary/aromatic N) is 4. The number of aromatic nitrogens is 4. The molecule has 0 aliphatic rings. The average molecular weight is 301 g/mol. The normalized spacial score (nSPS) is 12.3. The van der Waals surface area contributed by atoms with Crippen molar-refractivity contribution in [3.8, 4) is 5.69 Å². The van der Waals surface area contributed by atoms with E-state index in [-0.39, 0.29) is 6.04 Å². The van der Waals surface area contributed by atoms with Gasteiger partial charge in [-0.25, -0.2) is 15.1 Å². The van der Waals surface area contributed by atoms with Gasteiger partial charge >= 0.3 is 0 Å². The molecule has 3 rings (SSSR count). The maximum Gasteiger partial charge on any atom is 0.129 e. The Bertz CT molecular complexity index is 710. The molecule has 1 unspecified atom stereocenters. The van der Waals surface area contributed by atoms with Crippen molar-refractivity contribution in [3.05, 3.63) is 71.3 Å². The van der Waals surface area contributed by atoms with Crippen molar-refractivity contribution in [2.45, 2.75) is 6.04 Å². The highest BCUT2D eigenvalue weighted by atomic mass is 35.5. The third kappa shape index (κ3) is 2.78. The van der Waals surface area contributed by atoms with Gasteiger partial charge in [-0.05, 0) is 23.8 Å². The number of halogens is 1. The lowest BCUT2D eigenvalue weighted by Crippen LogP contribution is -2.30. The van der Waals surface area contributed by atoms with Gasteiger partial charge in [0.1, 0.15) is 5.15 Å². The van der Waals surface area contributed by atoms with Gasteiger partial charge in [0.25, 0.3) is 0 Å². The molecular weight excluding hydrogens is 288 g/mol. The number of pyridine rings is 1. The molecular formula is C14H13ClN6. The zero-order chi connectivity index (χ0) is 14.7. The van der Waals surface area contributed by atoms with Crippen LogP contribution in [0.25, 0.3) is 5.69 Å². The van der Waals surface area contributed by atoms with Crippen LogP contribution in [0.3, 0.4) is 0 Å². The van der Waals surface area contributed by atoms with Crippen LogP contribution in [-0.4, -0.2) is 20.0 Å². The fraction of sp³-hybridized carbons (Fsp3) is 0.0714. The van der Waals surface area contributed by atoms with Crippen molar-refractivity contribution in [1.82, 2.24) is 25.4 Å². The first-order valence-electron chi connectivity index (χ1n) is 6.33. The van der Waals surface area contributed by atoms with Gasteiger partial charge in [-0.15, -0.1) is 5.10 Å². The number of nitrogens with one attached hydrogen (secondary N) is 1. The van der Waals surface area contributed by atoms with Gasteiger partial charge in [-0.1, -0.05) is 41.1 Å². The number of hydrazine groups is 1. The lowest BCUT2D eigenvalue weighted by atomic mass is 10.1. The van der Waals surface area contributed by atoms with E-state index in [1.165, 1.54) is 0 Å². The molecule has 7 heteroatoms. The summed E-state index contributed by atoms with van der Waals surface area (Å²) in [5.74, 6) is 5.70. The molecule has 0 bridgehead atoms. The summed E-state index contributed by atoms with van der Waals surface area (Å²) in [5, 5.41) is 8.54. The first-order chi connectivity index (χ1) is 10.3. The lowest BCUT2D eigenvalue weighted by molar-refractivity contribution is 0.594. The molecule has 3 aromatic rings. The maximum absolute atomic E-state index is 5.82. The molecule has 0 saturated heterocycles. The number of rotatable bonds is 4. The highest BCUT2D eigenvalue weighted by Gasteiger charge is 2.19. The number of hydrogen-bond donors (Lipinski definition) is 2. The van der Waals surface area contributed by atoms with Gasteiger partial charge in [0.05, 0.1) is 23.6 Å². The highest BCUT2D eigenvalue weighted by Crippen LogP contribution is 2.22. The maximum atomic E-state index is 5.82. The predicted molar refractivity (Wildman–Crippen MR) is 79.8 cm³/mol. The zero-order valence-electron chi connectivity index (χ0n) is 11.0. The van der Waals surface area contributed by atoms with Crippen molar-refractivity contribution in [3.63, 3.8) is 0 Å². The van der Waals surface area contributed by atoms with Gasteiger partial charge < -0.3 is 0 Å². The Morgan fingerprint density at radius 2 is 1.90 bits per heavy atom. The second kappa shape index (κ2) is 6.01. The molecule has 3 N–H and O–H groups in total. The first kappa shape index (κ1) is 13.7. The predicted octanol–water partition coefficient (Wildman–Crippen LogP) is 1.87. The van der Waals surface area contributed by atoms with Crippen molar-refractivity contribution in [1.29, 1.82) is 0 Å². The molecule has 0 aliphatic carbocycles. The van der Waals surface area contributed by atoms with Gasteiger partial charge in [-0.3, -0.25) is 5.84 Å². The highest BCUT2D eigenvalue weighted by molar-refractivity contribution is 6.29. The van der Waals surface area contributed by atoms with Crippen LogP contribution in [0.5, 0.6) is 0 Å². The summed E-state index contributed by atoms with van der Waals surface area (Å²) in [4.78, 5) is 4.08. The molecule has 0 saturated carbocycles. The second-order valence-electron chi connectivity index (χ2n) is 4.42. The van der Waals surface area contributed by atoms with E-state index in [9.17, 15) is 0 Å². The molecule has 0 spiro atoms. The largest absolute Gasteiger partial charge is 0.271 e. The minimum absolute atomic E-state index is 0.287. The summed E-state index contributed by atoms with van der Waals surface area (Å²) in [5.41, 5.74) is 5.36. The summed E-state index contributed by atoms with van der Waals surface area (Å²) in [6, 6.07) is 13.0. The summed E-state index contributed by atoms with van der Waals surface area (Å²) in [6.45, 7) is 0. The van der Waals surface area contributed by atoms with E-state index < -0.39 is 0 Å². The smallest absolute Gasteiger partial charge is 0.129 e. The summed E-state index contributed by atoms with van der Waals surface area (Å²) in [7, 11) is 0. The molecule has 2 aromatic heterocycles. The number of hydrogen-bond acceptors (Lipinski definition) is 5. The van der Waals surface area contributed by atoms with Crippen LogP contribution in [0.1, 0.15) is 17.3 Å². The van der Waals surface area contributed by atoms with E-state index in [0.717, 1.165) is 16.9 Å². The Morgan fingerprint density at radius 1 is 1.10 bits per heavy atom. The molecule has 21 heavy (non-hydrogen) atoms. The van der Waals surface area contributed by atoms with E-state index in [1.807, 2.05) is 36.4 Å². The standard InChI is InChI=1S/C14H13ClN6/c15-13-7-6-10(8-17-13)14(19-16)12-9-18-20-21(12)11-4-2-1-3-5-11/h1-9,14,19H,16H2. The Balaban J connectivity index is 2.03. The topological polar surface area (TPSA) is 81.7 Å². The second-order valence-corrected chi connectivity index (χ2v) is 4.81. The molecule has 0 fully saturated rings. The Kier molecular flexibility index (Phi) is 3.92. The first-order valence-corrected chi connectivity index (χ1v) is 6.71. The van der Waals surface area contributed by atoms with Crippen molar-refractivity contribution < 1.29 is 0 Å². The lowest BCUT2D eigenvalue weighted by Gasteiger charge is -2.17. The molecule has 2 heterocycles. The van der Waals surface area contributed by atoms with E-state index in [4.69, 9.17) is 17.4 Å². The molecule has 0 amide bonds. The van der Waals surface area contributed by atoms with Gasteiger partial charge in [0.15, 0.2) is 0 Å². The van der Waals surface area contributed by atoms with Crippen LogP contribution in [0.2, 0.25) is 5.15 Å². The molecule has 1 aromatic carbocycles. The quantitative estimate of drug-likeness (QED) is 0.437. The monoisotopic (exact) mass is 300 g/mol. The van der Waals surface area contributed by atoms with Crippen LogP contribution in [0.15, 0.2) is 54.9 Å². The SMILES string of the molecule is NNC(c1ccc(Cl)nc1)c1cnnn1-c1ccccc1. The summed E-state index contributed by atoms with van der Waals surface area (Å²) >= 11 is 5.82. The third-order valence-electron chi connectivity index (χ3n) is 3.12. The Morgan fingerprint density at radius 3 is 2.57 bits per heavy atom. The fourth-order valence-corrected chi connectivity index (χ4v) is 2.23. The fourth-order valence-electron chi connectivity index (χ4n) is 2.12. The minimum atomic E-state index is -0.287. The third-order valence-corrected chi connectivity index (χ3v) is 3.35. The van der Waals surface area contributed by atoms with Crippen LogP contribution in [0, 0.1) is 0 Å².